The third kappa shape index (κ3) is 2.42. The molecule has 2 aliphatic heterocycles. The fourth-order valence-corrected chi connectivity index (χ4v) is 3.71. The van der Waals surface area contributed by atoms with E-state index in [-0.39, 0.29) is 29.5 Å². The first-order valence-electron chi connectivity index (χ1n) is 6.43. The third-order valence-corrected chi connectivity index (χ3v) is 4.94. The second-order valence-corrected chi connectivity index (χ2v) is 6.60. The summed E-state index contributed by atoms with van der Waals surface area (Å²) >= 11 is 0. The Morgan fingerprint density at radius 1 is 1.35 bits per heavy atom. The Bertz CT molecular complexity index is 611. The highest BCUT2D eigenvalue weighted by atomic mass is 32.2. The molecule has 3 atom stereocenters. The first-order chi connectivity index (χ1) is 9.47. The Kier molecular flexibility index (Phi) is 3.45. The highest BCUT2D eigenvalue weighted by Gasteiger charge is 2.45. The number of fused-ring (bicyclic) bond motifs is 1. The summed E-state index contributed by atoms with van der Waals surface area (Å²) in [5.74, 6) is -0.312. The Morgan fingerprint density at radius 2 is 2.15 bits per heavy atom. The van der Waals surface area contributed by atoms with Crippen molar-refractivity contribution in [2.24, 2.45) is 0 Å². The van der Waals surface area contributed by atoms with Gasteiger partial charge in [-0.3, -0.25) is 4.18 Å². The van der Waals surface area contributed by atoms with E-state index in [1.54, 1.807) is 13.0 Å². The number of ether oxygens (including phenoxy) is 2. The van der Waals surface area contributed by atoms with Crippen molar-refractivity contribution in [3.05, 3.63) is 23.8 Å². The molecule has 1 aromatic carbocycles. The van der Waals surface area contributed by atoms with Crippen molar-refractivity contribution in [1.82, 2.24) is 0 Å². The lowest BCUT2D eigenvalue weighted by Gasteiger charge is -2.16. The monoisotopic (exact) mass is 300 g/mol. The quantitative estimate of drug-likeness (QED) is 0.837. The predicted octanol–water partition coefficient (Wildman–Crippen LogP) is 0.962. The van der Waals surface area contributed by atoms with Crippen LogP contribution >= 0.6 is 0 Å². The largest absolute Gasteiger partial charge is 0.506 e. The molecule has 0 aromatic heterocycles. The first kappa shape index (κ1) is 13.8. The van der Waals surface area contributed by atoms with E-state index in [1.165, 1.54) is 12.1 Å². The Hall–Kier alpha value is -1.15. The van der Waals surface area contributed by atoms with Crippen LogP contribution in [0.4, 0.5) is 0 Å². The van der Waals surface area contributed by atoms with Crippen molar-refractivity contribution in [3.8, 4) is 5.75 Å². The van der Waals surface area contributed by atoms with Crippen LogP contribution in [-0.2, 0) is 23.8 Å². The lowest BCUT2D eigenvalue weighted by Crippen LogP contribution is -2.32. The maximum Gasteiger partial charge on any atom is 0.301 e. The topological polar surface area (TPSA) is 82.1 Å². The molecule has 2 aliphatic rings. The maximum absolute atomic E-state index is 12.2. The second kappa shape index (κ2) is 5.00. The van der Waals surface area contributed by atoms with Crippen molar-refractivity contribution in [3.63, 3.8) is 0 Å². The van der Waals surface area contributed by atoms with Gasteiger partial charge in [0, 0.05) is 6.61 Å². The number of aromatic hydroxyl groups is 1. The molecule has 2 saturated heterocycles. The van der Waals surface area contributed by atoms with Crippen molar-refractivity contribution in [1.29, 1.82) is 0 Å². The van der Waals surface area contributed by atoms with Gasteiger partial charge in [0.2, 0.25) is 0 Å². The van der Waals surface area contributed by atoms with Crippen LogP contribution in [0.5, 0.6) is 5.75 Å². The van der Waals surface area contributed by atoms with E-state index in [1.807, 2.05) is 0 Å². The summed E-state index contributed by atoms with van der Waals surface area (Å²) in [4.78, 5) is -0.232. The molecule has 0 radical (unpaired) electrons. The molecule has 0 saturated carbocycles. The van der Waals surface area contributed by atoms with Crippen molar-refractivity contribution >= 4 is 10.1 Å². The number of hydrogen-bond acceptors (Lipinski definition) is 6. The minimum atomic E-state index is -4.04. The number of rotatable bonds is 3. The molecule has 0 bridgehead atoms. The third-order valence-electron chi connectivity index (χ3n) is 3.55. The van der Waals surface area contributed by atoms with Crippen LogP contribution in [0.3, 0.4) is 0 Å². The van der Waals surface area contributed by atoms with E-state index in [2.05, 4.69) is 0 Å². The summed E-state index contributed by atoms with van der Waals surface area (Å²) < 4.78 is 40.5. The first-order valence-corrected chi connectivity index (χ1v) is 7.84. The molecule has 6 nitrogen and oxygen atoms in total. The number of phenols is 1. The average molecular weight is 300 g/mol. The summed E-state index contributed by atoms with van der Waals surface area (Å²) in [5, 5.41) is 9.77. The van der Waals surface area contributed by atoms with E-state index in [0.29, 0.717) is 6.61 Å². The van der Waals surface area contributed by atoms with Crippen LogP contribution in [0.25, 0.3) is 0 Å². The highest BCUT2D eigenvalue weighted by Crippen LogP contribution is 2.32. The molecule has 2 fully saturated rings. The van der Waals surface area contributed by atoms with Crippen molar-refractivity contribution in [2.75, 3.05) is 13.2 Å². The molecule has 3 unspecified atom stereocenters. The number of benzene rings is 1. The van der Waals surface area contributed by atoms with Gasteiger partial charge >= 0.3 is 10.1 Å². The summed E-state index contributed by atoms with van der Waals surface area (Å²) in [6.45, 7) is 2.49. The minimum absolute atomic E-state index is 0.0955. The predicted molar refractivity (Wildman–Crippen MR) is 69.0 cm³/mol. The SMILES string of the molecule is Cc1ccc(S(=O)(=O)OC2COC3CCOC32)c(O)c1. The van der Waals surface area contributed by atoms with Gasteiger partial charge in [-0.2, -0.15) is 8.42 Å². The van der Waals surface area contributed by atoms with E-state index in [9.17, 15) is 13.5 Å². The van der Waals surface area contributed by atoms with E-state index in [0.717, 1.165) is 12.0 Å². The molecule has 110 valence electrons. The lowest BCUT2D eigenvalue weighted by molar-refractivity contribution is 0.0335. The Balaban J connectivity index is 1.82. The molecule has 1 N–H and O–H groups in total. The molecule has 1 aromatic rings. The fraction of sp³-hybridized carbons (Fsp3) is 0.538. The Morgan fingerprint density at radius 3 is 2.90 bits per heavy atom. The molecule has 2 heterocycles. The van der Waals surface area contributed by atoms with Gasteiger partial charge < -0.3 is 14.6 Å². The van der Waals surface area contributed by atoms with Gasteiger partial charge in [-0.15, -0.1) is 0 Å². The van der Waals surface area contributed by atoms with Crippen LogP contribution in [-0.4, -0.2) is 45.0 Å². The standard InChI is InChI=1S/C13H16O6S/c1-8-2-3-12(9(14)6-8)20(15,16)19-11-7-18-10-4-5-17-13(10)11/h2-3,6,10-11,13-14H,4-5,7H2,1H3. The van der Waals surface area contributed by atoms with Gasteiger partial charge in [-0.05, 0) is 31.0 Å². The average Bonchev–Trinajstić information content (AvgIpc) is 2.93. The Labute approximate surface area is 117 Å². The summed E-state index contributed by atoms with van der Waals surface area (Å²) in [6, 6.07) is 4.33. The van der Waals surface area contributed by atoms with Crippen LogP contribution in [0, 0.1) is 6.92 Å². The maximum atomic E-state index is 12.2. The summed E-state index contributed by atoms with van der Waals surface area (Å²) in [6.07, 6.45) is -0.354. The molecule has 7 heteroatoms. The van der Waals surface area contributed by atoms with Gasteiger partial charge in [0.15, 0.2) is 0 Å². The molecule has 3 rings (SSSR count). The molecule has 0 amide bonds. The molecule has 0 spiro atoms. The van der Waals surface area contributed by atoms with E-state index >= 15 is 0 Å². The zero-order valence-electron chi connectivity index (χ0n) is 11.0. The smallest absolute Gasteiger partial charge is 0.301 e. The van der Waals surface area contributed by atoms with E-state index in [4.69, 9.17) is 13.7 Å². The zero-order valence-corrected chi connectivity index (χ0v) is 11.8. The van der Waals surface area contributed by atoms with Gasteiger partial charge in [0.05, 0.1) is 12.7 Å². The minimum Gasteiger partial charge on any atom is -0.506 e. The normalized spacial score (nSPS) is 29.6. The van der Waals surface area contributed by atoms with Crippen LogP contribution in [0.2, 0.25) is 0 Å². The van der Waals surface area contributed by atoms with Crippen molar-refractivity contribution in [2.45, 2.75) is 36.6 Å². The van der Waals surface area contributed by atoms with Crippen LogP contribution in [0.1, 0.15) is 12.0 Å². The molecular formula is C13H16O6S. The van der Waals surface area contributed by atoms with Gasteiger partial charge in [0.25, 0.3) is 0 Å². The van der Waals surface area contributed by atoms with E-state index < -0.39 is 16.2 Å². The van der Waals surface area contributed by atoms with Crippen LogP contribution in [0.15, 0.2) is 23.1 Å². The zero-order chi connectivity index (χ0) is 14.3. The lowest BCUT2D eigenvalue weighted by atomic mass is 10.1. The van der Waals surface area contributed by atoms with Crippen molar-refractivity contribution < 1.29 is 27.2 Å². The van der Waals surface area contributed by atoms with Gasteiger partial charge in [0.1, 0.15) is 22.9 Å². The van der Waals surface area contributed by atoms with Gasteiger partial charge in [-0.1, -0.05) is 6.07 Å². The fourth-order valence-electron chi connectivity index (χ4n) is 2.57. The number of hydrogen-bond donors (Lipinski definition) is 1. The van der Waals surface area contributed by atoms with Gasteiger partial charge in [-0.25, -0.2) is 0 Å². The highest BCUT2D eigenvalue weighted by molar-refractivity contribution is 7.86. The molecule has 20 heavy (non-hydrogen) atoms. The molecule has 0 aliphatic carbocycles. The summed E-state index contributed by atoms with van der Waals surface area (Å²) in [5.41, 5.74) is 0.768. The number of aryl methyl sites for hydroxylation is 1. The van der Waals surface area contributed by atoms with Crippen LogP contribution < -0.4 is 0 Å². The summed E-state index contributed by atoms with van der Waals surface area (Å²) in [7, 11) is -4.04. The second-order valence-electron chi connectivity index (χ2n) is 5.06. The number of phenolic OH excluding ortho intramolecular Hbond substituents is 1. The molecular weight excluding hydrogens is 284 g/mol.